The number of nitrogens with one attached hydrogen (secondary N) is 1. The molecule has 3 aromatic rings. The number of hydrogen-bond acceptors (Lipinski definition) is 6. The minimum atomic E-state index is -0.174. The molecule has 0 aliphatic carbocycles. The molecule has 18 heavy (non-hydrogen) atoms. The summed E-state index contributed by atoms with van der Waals surface area (Å²) >= 11 is 2.65. The zero-order valence-corrected chi connectivity index (χ0v) is 10.6. The lowest BCUT2D eigenvalue weighted by molar-refractivity contribution is 0.103. The minimum absolute atomic E-state index is 0.174. The Bertz CT molecular complexity index is 644. The van der Waals surface area contributed by atoms with E-state index in [-0.39, 0.29) is 5.91 Å². The molecule has 0 saturated carbocycles. The zero-order chi connectivity index (χ0) is 12.4. The van der Waals surface area contributed by atoms with Crippen LogP contribution < -0.4 is 5.32 Å². The summed E-state index contributed by atoms with van der Waals surface area (Å²) in [4.78, 5) is 12.4. The highest BCUT2D eigenvalue weighted by Crippen LogP contribution is 2.26. The molecule has 5 nitrogen and oxygen atoms in total. The predicted octanol–water partition coefficient (Wildman–Crippen LogP) is 3.11. The first kappa shape index (κ1) is 11.1. The van der Waals surface area contributed by atoms with E-state index < -0.39 is 0 Å². The molecule has 1 amide bonds. The Morgan fingerprint density at radius 1 is 1.28 bits per heavy atom. The molecule has 3 heterocycles. The fourth-order valence-electron chi connectivity index (χ4n) is 1.34. The monoisotopic (exact) mass is 277 g/mol. The molecule has 90 valence electrons. The van der Waals surface area contributed by atoms with Gasteiger partial charge in [-0.3, -0.25) is 10.1 Å². The summed E-state index contributed by atoms with van der Waals surface area (Å²) in [5.41, 5.74) is 0. The zero-order valence-electron chi connectivity index (χ0n) is 8.99. The number of hydrogen-bond donors (Lipinski definition) is 1. The van der Waals surface area contributed by atoms with E-state index in [9.17, 15) is 4.79 Å². The normalized spacial score (nSPS) is 10.4. The van der Waals surface area contributed by atoms with Crippen molar-refractivity contribution in [3.05, 3.63) is 40.8 Å². The minimum Gasteiger partial charge on any atom is -0.462 e. The van der Waals surface area contributed by atoms with E-state index in [1.54, 1.807) is 24.5 Å². The lowest BCUT2D eigenvalue weighted by Gasteiger charge is -1.95. The van der Waals surface area contributed by atoms with Crippen LogP contribution in [0.5, 0.6) is 0 Å². The Balaban J connectivity index is 1.76. The number of aromatic nitrogens is 2. The van der Waals surface area contributed by atoms with Gasteiger partial charge in [0, 0.05) is 0 Å². The Kier molecular flexibility index (Phi) is 2.91. The molecule has 0 aromatic carbocycles. The number of nitrogens with zero attached hydrogens (tertiary/aromatic N) is 2. The van der Waals surface area contributed by atoms with Crippen LogP contribution in [0.2, 0.25) is 0 Å². The van der Waals surface area contributed by atoms with Gasteiger partial charge in [0.1, 0.15) is 0 Å². The van der Waals surface area contributed by atoms with Crippen LogP contribution >= 0.6 is 22.7 Å². The largest absolute Gasteiger partial charge is 0.462 e. The van der Waals surface area contributed by atoms with Crippen molar-refractivity contribution in [1.82, 2.24) is 10.2 Å². The quantitative estimate of drug-likeness (QED) is 0.798. The van der Waals surface area contributed by atoms with Gasteiger partial charge in [-0.05, 0) is 23.6 Å². The number of rotatable bonds is 3. The Morgan fingerprint density at radius 3 is 2.94 bits per heavy atom. The van der Waals surface area contributed by atoms with Crippen LogP contribution in [-0.2, 0) is 0 Å². The van der Waals surface area contributed by atoms with Crippen LogP contribution in [0.15, 0.2) is 40.3 Å². The standard InChI is InChI=1S/C11H7N3O2S2/c15-9(8-4-2-6-17-8)12-11-14-13-10(18-11)7-3-1-5-16-7/h1-6H,(H,12,14,15). The van der Waals surface area contributed by atoms with Crippen molar-refractivity contribution in [1.29, 1.82) is 0 Å². The van der Waals surface area contributed by atoms with Crippen LogP contribution in [0.4, 0.5) is 5.13 Å². The summed E-state index contributed by atoms with van der Waals surface area (Å²) < 4.78 is 5.21. The van der Waals surface area contributed by atoms with Crippen molar-refractivity contribution in [2.24, 2.45) is 0 Å². The van der Waals surface area contributed by atoms with Crippen LogP contribution in [0.3, 0.4) is 0 Å². The van der Waals surface area contributed by atoms with Crippen molar-refractivity contribution in [3.63, 3.8) is 0 Å². The van der Waals surface area contributed by atoms with Gasteiger partial charge in [-0.2, -0.15) is 0 Å². The maximum absolute atomic E-state index is 11.8. The van der Waals surface area contributed by atoms with Gasteiger partial charge in [-0.1, -0.05) is 17.4 Å². The molecule has 0 aliphatic rings. The molecular weight excluding hydrogens is 270 g/mol. The molecule has 7 heteroatoms. The molecule has 0 spiro atoms. The summed E-state index contributed by atoms with van der Waals surface area (Å²) in [6.45, 7) is 0. The average Bonchev–Trinajstić information content (AvgIpc) is 3.12. The summed E-state index contributed by atoms with van der Waals surface area (Å²) in [7, 11) is 0. The summed E-state index contributed by atoms with van der Waals surface area (Å²) in [5, 5.41) is 13.5. The van der Waals surface area contributed by atoms with Crippen molar-refractivity contribution >= 4 is 33.7 Å². The topological polar surface area (TPSA) is 68.0 Å². The third kappa shape index (κ3) is 2.18. The molecule has 0 radical (unpaired) electrons. The van der Waals surface area contributed by atoms with Gasteiger partial charge in [0.05, 0.1) is 11.1 Å². The number of anilines is 1. The molecule has 0 unspecified atom stereocenters. The summed E-state index contributed by atoms with van der Waals surface area (Å²) in [6, 6.07) is 7.16. The number of carbonyl (C=O) groups is 1. The first-order chi connectivity index (χ1) is 8.83. The first-order valence-corrected chi connectivity index (χ1v) is 6.75. The van der Waals surface area contributed by atoms with Crippen LogP contribution in [-0.4, -0.2) is 16.1 Å². The van der Waals surface area contributed by atoms with Crippen LogP contribution in [0.25, 0.3) is 10.8 Å². The van der Waals surface area contributed by atoms with Gasteiger partial charge in [0.15, 0.2) is 10.8 Å². The highest BCUT2D eigenvalue weighted by atomic mass is 32.1. The Labute approximate surface area is 110 Å². The smallest absolute Gasteiger partial charge is 0.267 e. The van der Waals surface area contributed by atoms with Crippen molar-refractivity contribution in [2.45, 2.75) is 0 Å². The Hall–Kier alpha value is -1.99. The van der Waals surface area contributed by atoms with Crippen molar-refractivity contribution < 1.29 is 9.21 Å². The summed E-state index contributed by atoms with van der Waals surface area (Å²) in [5.74, 6) is 0.469. The SMILES string of the molecule is O=C(Nc1nnc(-c2ccco2)s1)c1cccs1. The maximum atomic E-state index is 11.8. The third-order valence-corrected chi connectivity index (χ3v) is 3.84. The van der Waals surface area contributed by atoms with Gasteiger partial charge < -0.3 is 4.42 Å². The lowest BCUT2D eigenvalue weighted by Crippen LogP contribution is -2.09. The second-order valence-corrected chi connectivity index (χ2v) is 5.25. The van der Waals surface area contributed by atoms with Gasteiger partial charge >= 0.3 is 0 Å². The van der Waals surface area contributed by atoms with Gasteiger partial charge in [-0.15, -0.1) is 21.5 Å². The lowest BCUT2D eigenvalue weighted by atomic mass is 10.4. The van der Waals surface area contributed by atoms with E-state index in [0.29, 0.717) is 20.8 Å². The number of carbonyl (C=O) groups excluding carboxylic acids is 1. The predicted molar refractivity (Wildman–Crippen MR) is 69.9 cm³/mol. The second kappa shape index (κ2) is 4.71. The molecule has 1 N–H and O–H groups in total. The highest BCUT2D eigenvalue weighted by Gasteiger charge is 2.12. The van der Waals surface area contributed by atoms with Gasteiger partial charge in [0.25, 0.3) is 5.91 Å². The van der Waals surface area contributed by atoms with E-state index in [1.807, 2.05) is 11.4 Å². The van der Waals surface area contributed by atoms with Crippen molar-refractivity contribution in [3.8, 4) is 10.8 Å². The van der Waals surface area contributed by atoms with Crippen LogP contribution in [0.1, 0.15) is 9.67 Å². The second-order valence-electron chi connectivity index (χ2n) is 3.32. The van der Waals surface area contributed by atoms with Gasteiger partial charge in [0.2, 0.25) is 5.13 Å². The molecule has 0 fully saturated rings. The molecular formula is C11H7N3O2S2. The molecule has 0 atom stereocenters. The third-order valence-electron chi connectivity index (χ3n) is 2.12. The molecule has 0 aliphatic heterocycles. The fraction of sp³-hybridized carbons (Fsp3) is 0. The van der Waals surface area contributed by atoms with Gasteiger partial charge in [-0.25, -0.2) is 0 Å². The highest BCUT2D eigenvalue weighted by molar-refractivity contribution is 7.18. The molecule has 0 bridgehead atoms. The number of amides is 1. The van der Waals surface area contributed by atoms with E-state index in [4.69, 9.17) is 4.42 Å². The van der Waals surface area contributed by atoms with Crippen molar-refractivity contribution in [2.75, 3.05) is 5.32 Å². The molecule has 0 saturated heterocycles. The van der Waals surface area contributed by atoms with Crippen LogP contribution in [0, 0.1) is 0 Å². The fourth-order valence-corrected chi connectivity index (χ4v) is 2.67. The molecule has 3 aromatic heterocycles. The average molecular weight is 277 g/mol. The number of thiophene rings is 1. The molecule has 3 rings (SSSR count). The maximum Gasteiger partial charge on any atom is 0.267 e. The summed E-state index contributed by atoms with van der Waals surface area (Å²) in [6.07, 6.45) is 1.57. The Morgan fingerprint density at radius 2 is 2.22 bits per heavy atom. The van der Waals surface area contributed by atoms with E-state index in [2.05, 4.69) is 15.5 Å². The first-order valence-electron chi connectivity index (χ1n) is 5.05. The number of furan rings is 1. The van der Waals surface area contributed by atoms with E-state index in [0.717, 1.165) is 0 Å². The van der Waals surface area contributed by atoms with E-state index in [1.165, 1.54) is 22.7 Å². The van der Waals surface area contributed by atoms with E-state index >= 15 is 0 Å².